The lowest BCUT2D eigenvalue weighted by molar-refractivity contribution is -0.137. The summed E-state index contributed by atoms with van der Waals surface area (Å²) in [6.45, 7) is 0.721. The van der Waals surface area contributed by atoms with E-state index in [4.69, 9.17) is 9.84 Å². The standard InChI is InChI=1S/C24H24F3NO4/c1-28(23(31)19-12-10-18(11-13-19)14-15-24(25,26)27)17-20-7-4-5-8-21(20)32-16-6-2-3-9-22(29)30/h4-5,7-8,10-13H,2-3,6,9,16-17H2,1H3,(H,29,30). The van der Waals surface area contributed by atoms with Gasteiger partial charge in [-0.2, -0.15) is 13.2 Å². The summed E-state index contributed by atoms with van der Waals surface area (Å²) < 4.78 is 42.4. The number of carboxylic acid groups (broad SMARTS) is 1. The Labute approximate surface area is 184 Å². The van der Waals surface area contributed by atoms with Gasteiger partial charge in [0.15, 0.2) is 0 Å². The molecule has 0 bridgehead atoms. The molecule has 5 nitrogen and oxygen atoms in total. The number of amides is 1. The van der Waals surface area contributed by atoms with Crippen molar-refractivity contribution in [3.05, 3.63) is 65.2 Å². The molecule has 0 fully saturated rings. The Morgan fingerprint density at radius 3 is 2.38 bits per heavy atom. The zero-order valence-corrected chi connectivity index (χ0v) is 17.6. The summed E-state index contributed by atoms with van der Waals surface area (Å²) in [7, 11) is 1.63. The first-order valence-corrected chi connectivity index (χ1v) is 10.0. The van der Waals surface area contributed by atoms with Crippen molar-refractivity contribution >= 4 is 11.9 Å². The second kappa shape index (κ2) is 11.8. The van der Waals surface area contributed by atoms with E-state index in [2.05, 4.69) is 0 Å². The normalized spacial score (nSPS) is 10.8. The van der Waals surface area contributed by atoms with Gasteiger partial charge in [-0.1, -0.05) is 24.1 Å². The molecule has 0 spiro atoms. The summed E-state index contributed by atoms with van der Waals surface area (Å²) in [5.41, 5.74) is 1.31. The predicted molar refractivity (Wildman–Crippen MR) is 113 cm³/mol. The maximum Gasteiger partial charge on any atom is 0.458 e. The highest BCUT2D eigenvalue weighted by molar-refractivity contribution is 5.94. The molecule has 0 aliphatic heterocycles. The van der Waals surface area contributed by atoms with E-state index in [1.165, 1.54) is 35.1 Å². The number of benzene rings is 2. The van der Waals surface area contributed by atoms with E-state index < -0.39 is 12.1 Å². The van der Waals surface area contributed by atoms with Crippen LogP contribution in [0.3, 0.4) is 0 Å². The van der Waals surface area contributed by atoms with Gasteiger partial charge in [-0.25, -0.2) is 0 Å². The topological polar surface area (TPSA) is 66.8 Å². The van der Waals surface area contributed by atoms with Crippen molar-refractivity contribution in [2.24, 2.45) is 0 Å². The van der Waals surface area contributed by atoms with Gasteiger partial charge in [0.25, 0.3) is 5.91 Å². The molecular weight excluding hydrogens is 423 g/mol. The number of carboxylic acids is 1. The Balaban J connectivity index is 1.94. The summed E-state index contributed by atoms with van der Waals surface area (Å²) in [4.78, 5) is 24.7. The van der Waals surface area contributed by atoms with Crippen LogP contribution in [0.25, 0.3) is 0 Å². The number of carbonyl (C=O) groups is 2. The van der Waals surface area contributed by atoms with Crippen LogP contribution < -0.4 is 4.74 Å². The molecular formula is C24H24F3NO4. The third kappa shape index (κ3) is 8.72. The van der Waals surface area contributed by atoms with Crippen LogP contribution in [0, 0.1) is 11.8 Å². The molecule has 2 rings (SSSR count). The van der Waals surface area contributed by atoms with E-state index in [0.29, 0.717) is 24.3 Å². The fourth-order valence-electron chi connectivity index (χ4n) is 2.90. The summed E-state index contributed by atoms with van der Waals surface area (Å²) in [6, 6.07) is 13.0. The number of halogens is 3. The zero-order chi connectivity index (χ0) is 23.6. The van der Waals surface area contributed by atoms with Crippen LogP contribution in [-0.4, -0.2) is 41.7 Å². The van der Waals surface area contributed by atoms with E-state index in [1.807, 2.05) is 24.1 Å². The van der Waals surface area contributed by atoms with E-state index in [-0.39, 0.29) is 24.4 Å². The maximum atomic E-state index is 12.7. The number of ether oxygens (including phenoxy) is 1. The highest BCUT2D eigenvalue weighted by Gasteiger charge is 2.23. The lowest BCUT2D eigenvalue weighted by atomic mass is 10.1. The third-order valence-electron chi connectivity index (χ3n) is 4.50. The van der Waals surface area contributed by atoms with Crippen LogP contribution in [0.4, 0.5) is 13.2 Å². The van der Waals surface area contributed by atoms with Gasteiger partial charge < -0.3 is 14.7 Å². The van der Waals surface area contributed by atoms with E-state index >= 15 is 0 Å². The molecule has 1 amide bonds. The van der Waals surface area contributed by atoms with Crippen molar-refractivity contribution in [1.29, 1.82) is 0 Å². The summed E-state index contributed by atoms with van der Waals surface area (Å²) in [5.74, 6) is 2.76. The molecule has 32 heavy (non-hydrogen) atoms. The minimum absolute atomic E-state index is 0.138. The largest absolute Gasteiger partial charge is 0.493 e. The number of nitrogens with zero attached hydrogens (tertiary/aromatic N) is 1. The summed E-state index contributed by atoms with van der Waals surface area (Å²) >= 11 is 0. The quantitative estimate of drug-likeness (QED) is 0.416. The molecule has 0 aromatic heterocycles. The predicted octanol–water partition coefficient (Wildman–Crippen LogP) is 4.90. The molecule has 0 aliphatic rings. The van der Waals surface area contributed by atoms with Gasteiger partial charge in [0.1, 0.15) is 5.75 Å². The molecule has 0 aliphatic carbocycles. The third-order valence-corrected chi connectivity index (χ3v) is 4.50. The van der Waals surface area contributed by atoms with Gasteiger partial charge in [0.2, 0.25) is 0 Å². The van der Waals surface area contributed by atoms with Gasteiger partial charge in [0, 0.05) is 42.6 Å². The molecule has 1 N–H and O–H groups in total. The number of aliphatic carboxylic acids is 1. The van der Waals surface area contributed by atoms with Gasteiger partial charge >= 0.3 is 12.1 Å². The van der Waals surface area contributed by atoms with Crippen LogP contribution in [0.5, 0.6) is 5.75 Å². The minimum atomic E-state index is -4.57. The molecule has 2 aromatic carbocycles. The number of hydrogen-bond acceptors (Lipinski definition) is 3. The van der Waals surface area contributed by atoms with Crippen molar-refractivity contribution in [3.63, 3.8) is 0 Å². The van der Waals surface area contributed by atoms with Crippen LogP contribution >= 0.6 is 0 Å². The molecule has 0 atom stereocenters. The second-order valence-corrected chi connectivity index (χ2v) is 7.15. The van der Waals surface area contributed by atoms with Crippen molar-refractivity contribution in [1.82, 2.24) is 4.90 Å². The molecule has 0 radical (unpaired) electrons. The molecule has 0 saturated heterocycles. The Hall–Kier alpha value is -3.47. The lowest BCUT2D eigenvalue weighted by Crippen LogP contribution is -2.26. The summed E-state index contributed by atoms with van der Waals surface area (Å²) in [6.07, 6.45) is -2.36. The fourth-order valence-corrected chi connectivity index (χ4v) is 2.90. The van der Waals surface area contributed by atoms with Gasteiger partial charge in [0.05, 0.1) is 6.61 Å². The average molecular weight is 447 g/mol. The Morgan fingerprint density at radius 1 is 1.03 bits per heavy atom. The van der Waals surface area contributed by atoms with Crippen LogP contribution in [0.2, 0.25) is 0 Å². The first kappa shape index (κ1) is 24.8. The van der Waals surface area contributed by atoms with Crippen LogP contribution in [0.15, 0.2) is 48.5 Å². The minimum Gasteiger partial charge on any atom is -0.493 e. The number of carbonyl (C=O) groups excluding carboxylic acids is 1. The number of para-hydroxylation sites is 1. The number of alkyl halides is 3. The molecule has 0 unspecified atom stereocenters. The van der Waals surface area contributed by atoms with E-state index in [0.717, 1.165) is 18.4 Å². The molecule has 8 heteroatoms. The Morgan fingerprint density at radius 2 is 1.72 bits per heavy atom. The van der Waals surface area contributed by atoms with Crippen molar-refractivity contribution in [2.75, 3.05) is 13.7 Å². The first-order chi connectivity index (χ1) is 15.2. The van der Waals surface area contributed by atoms with Gasteiger partial charge in [-0.05, 0) is 49.6 Å². The zero-order valence-electron chi connectivity index (χ0n) is 17.6. The van der Waals surface area contributed by atoms with Crippen LogP contribution in [0.1, 0.15) is 47.2 Å². The van der Waals surface area contributed by atoms with Crippen LogP contribution in [-0.2, 0) is 11.3 Å². The highest BCUT2D eigenvalue weighted by Crippen LogP contribution is 2.21. The second-order valence-electron chi connectivity index (χ2n) is 7.15. The SMILES string of the molecule is CN(Cc1ccccc1OCCCCCC(=O)O)C(=O)c1ccc(C#CC(F)(F)F)cc1. The average Bonchev–Trinajstić information content (AvgIpc) is 2.75. The van der Waals surface area contributed by atoms with Gasteiger partial charge in [-0.3, -0.25) is 9.59 Å². The first-order valence-electron chi connectivity index (χ1n) is 10.0. The Kier molecular flexibility index (Phi) is 9.14. The highest BCUT2D eigenvalue weighted by atomic mass is 19.4. The molecule has 170 valence electrons. The number of unbranched alkanes of at least 4 members (excludes halogenated alkanes) is 2. The van der Waals surface area contributed by atoms with Crippen molar-refractivity contribution < 1.29 is 32.6 Å². The molecule has 0 saturated carbocycles. The monoisotopic (exact) mass is 447 g/mol. The van der Waals surface area contributed by atoms with E-state index in [9.17, 15) is 22.8 Å². The fraction of sp³-hybridized carbons (Fsp3) is 0.333. The molecule has 0 heterocycles. The number of hydrogen-bond donors (Lipinski definition) is 1. The van der Waals surface area contributed by atoms with Gasteiger partial charge in [-0.15, -0.1) is 0 Å². The van der Waals surface area contributed by atoms with Crippen molar-refractivity contribution in [3.8, 4) is 17.6 Å². The van der Waals surface area contributed by atoms with Crippen molar-refractivity contribution in [2.45, 2.75) is 38.4 Å². The number of rotatable bonds is 10. The Bertz CT molecular complexity index is 975. The summed E-state index contributed by atoms with van der Waals surface area (Å²) in [5, 5.41) is 8.65. The smallest absolute Gasteiger partial charge is 0.458 e. The maximum absolute atomic E-state index is 12.7. The van der Waals surface area contributed by atoms with E-state index in [1.54, 1.807) is 13.1 Å². The molecule has 2 aromatic rings. The lowest BCUT2D eigenvalue weighted by Gasteiger charge is -2.19.